The van der Waals surface area contributed by atoms with Crippen molar-refractivity contribution in [2.24, 2.45) is 0 Å². The van der Waals surface area contributed by atoms with Gasteiger partial charge in [-0.15, -0.1) is 5.10 Å². The first-order valence-electron chi connectivity index (χ1n) is 8.87. The molecule has 0 bridgehead atoms. The van der Waals surface area contributed by atoms with E-state index in [2.05, 4.69) is 24.9 Å². The number of hydrogen-bond donors (Lipinski definition) is 1. The Kier molecular flexibility index (Phi) is 4.72. The molecular formula is C17H23N7O2. The molecule has 2 N–H and O–H groups in total. The van der Waals surface area contributed by atoms with E-state index >= 15 is 0 Å². The second-order valence-corrected chi connectivity index (χ2v) is 6.18. The van der Waals surface area contributed by atoms with E-state index in [-0.39, 0.29) is 0 Å². The minimum Gasteiger partial charge on any atom is -0.461 e. The van der Waals surface area contributed by atoms with Crippen LogP contribution in [0.25, 0.3) is 17.2 Å². The van der Waals surface area contributed by atoms with Crippen LogP contribution in [0, 0.1) is 0 Å². The van der Waals surface area contributed by atoms with Crippen LogP contribution in [-0.2, 0) is 4.74 Å². The maximum Gasteiger partial charge on any atom is 0.225 e. The average molecular weight is 357 g/mol. The molecule has 26 heavy (non-hydrogen) atoms. The van der Waals surface area contributed by atoms with Crippen LogP contribution in [-0.4, -0.2) is 70.4 Å². The van der Waals surface area contributed by atoms with E-state index < -0.39 is 0 Å². The highest BCUT2D eigenvalue weighted by Gasteiger charge is 2.20. The van der Waals surface area contributed by atoms with Gasteiger partial charge in [0.05, 0.1) is 12.9 Å². The fourth-order valence-corrected chi connectivity index (χ4v) is 3.11. The Bertz CT molecular complexity index is 854. The number of aromatic nitrogens is 4. The van der Waals surface area contributed by atoms with E-state index in [1.54, 1.807) is 16.8 Å². The van der Waals surface area contributed by atoms with Crippen molar-refractivity contribution in [1.29, 1.82) is 0 Å². The summed E-state index contributed by atoms with van der Waals surface area (Å²) in [5, 5.41) is 4.38. The van der Waals surface area contributed by atoms with Crippen molar-refractivity contribution in [2.75, 3.05) is 56.6 Å². The maximum atomic E-state index is 6.10. The molecule has 9 nitrogen and oxygen atoms in total. The van der Waals surface area contributed by atoms with Crippen LogP contribution in [0.4, 0.5) is 11.8 Å². The highest BCUT2D eigenvalue weighted by molar-refractivity contribution is 5.59. The molecule has 0 spiro atoms. The normalized spacial score (nSPS) is 15.8. The molecule has 4 rings (SSSR count). The van der Waals surface area contributed by atoms with Crippen LogP contribution in [0.2, 0.25) is 0 Å². The molecule has 0 saturated carbocycles. The predicted octanol–water partition coefficient (Wildman–Crippen LogP) is 1.12. The lowest BCUT2D eigenvalue weighted by Gasteiger charge is -2.35. The van der Waals surface area contributed by atoms with Crippen LogP contribution in [0.5, 0.6) is 0 Å². The molecule has 0 radical (unpaired) electrons. The van der Waals surface area contributed by atoms with Gasteiger partial charge in [-0.2, -0.15) is 9.50 Å². The van der Waals surface area contributed by atoms with Gasteiger partial charge in [0, 0.05) is 45.4 Å². The first-order chi connectivity index (χ1) is 12.7. The van der Waals surface area contributed by atoms with Crippen LogP contribution in [0.15, 0.2) is 28.9 Å². The van der Waals surface area contributed by atoms with Crippen molar-refractivity contribution in [3.63, 3.8) is 0 Å². The Balaban J connectivity index is 1.49. The Labute approximate surface area is 151 Å². The van der Waals surface area contributed by atoms with E-state index in [9.17, 15) is 0 Å². The summed E-state index contributed by atoms with van der Waals surface area (Å²) in [6.07, 6.45) is 1.60. The van der Waals surface area contributed by atoms with Gasteiger partial charge in [-0.1, -0.05) is 0 Å². The van der Waals surface area contributed by atoms with Gasteiger partial charge in [0.1, 0.15) is 5.82 Å². The van der Waals surface area contributed by atoms with Gasteiger partial charge in [-0.25, -0.2) is 4.98 Å². The van der Waals surface area contributed by atoms with Gasteiger partial charge >= 0.3 is 0 Å². The molecule has 1 saturated heterocycles. The fourth-order valence-electron chi connectivity index (χ4n) is 3.11. The topological polar surface area (TPSA) is 98.0 Å². The zero-order valence-corrected chi connectivity index (χ0v) is 14.8. The summed E-state index contributed by atoms with van der Waals surface area (Å²) < 4.78 is 12.3. The van der Waals surface area contributed by atoms with E-state index in [1.807, 2.05) is 19.1 Å². The standard InChI is InChI=1S/C17H23N7O2/c1-2-25-11-9-22-5-7-23(8-6-22)14-12-15-19-16(13-4-3-10-26-13)21-24(15)17(18)20-14/h3-4,10,12H,2,5-9,11H2,1H3,(H2,18,20). The van der Waals surface area contributed by atoms with Crippen molar-refractivity contribution < 1.29 is 9.15 Å². The second kappa shape index (κ2) is 7.30. The average Bonchev–Trinajstić information content (AvgIpc) is 3.32. The lowest BCUT2D eigenvalue weighted by molar-refractivity contribution is 0.111. The fraction of sp³-hybridized carbons (Fsp3) is 0.471. The molecule has 1 aliphatic heterocycles. The molecule has 3 aromatic heterocycles. The van der Waals surface area contributed by atoms with Crippen LogP contribution in [0.1, 0.15) is 6.92 Å². The minimum atomic E-state index is 0.321. The molecule has 0 amide bonds. The SMILES string of the molecule is CCOCCN1CCN(c2cc3nc(-c4ccco4)nn3c(N)n2)CC1. The van der Waals surface area contributed by atoms with Crippen LogP contribution in [0.3, 0.4) is 0 Å². The predicted molar refractivity (Wildman–Crippen MR) is 98.0 cm³/mol. The number of piperazine rings is 1. The van der Waals surface area contributed by atoms with E-state index in [0.717, 1.165) is 51.8 Å². The highest BCUT2D eigenvalue weighted by atomic mass is 16.5. The zero-order chi connectivity index (χ0) is 17.9. The van der Waals surface area contributed by atoms with Crippen molar-refractivity contribution in [1.82, 2.24) is 24.5 Å². The van der Waals surface area contributed by atoms with E-state index in [4.69, 9.17) is 14.9 Å². The second-order valence-electron chi connectivity index (χ2n) is 6.18. The Morgan fingerprint density at radius 1 is 1.23 bits per heavy atom. The number of nitrogen functional groups attached to an aromatic ring is 1. The lowest BCUT2D eigenvalue weighted by atomic mass is 10.3. The summed E-state index contributed by atoms with van der Waals surface area (Å²) in [6, 6.07) is 5.55. The summed E-state index contributed by atoms with van der Waals surface area (Å²) in [5.41, 5.74) is 6.77. The number of rotatable bonds is 6. The molecule has 0 aromatic carbocycles. The third-order valence-electron chi connectivity index (χ3n) is 4.53. The first-order valence-corrected chi connectivity index (χ1v) is 8.87. The summed E-state index contributed by atoms with van der Waals surface area (Å²) in [7, 11) is 0. The molecule has 3 aromatic rings. The number of nitrogens with two attached hydrogens (primary N) is 1. The molecule has 9 heteroatoms. The van der Waals surface area contributed by atoms with Crippen molar-refractivity contribution in [3.05, 3.63) is 24.5 Å². The smallest absolute Gasteiger partial charge is 0.225 e. The summed E-state index contributed by atoms with van der Waals surface area (Å²) in [6.45, 7) is 8.28. The third-order valence-corrected chi connectivity index (χ3v) is 4.53. The van der Waals surface area contributed by atoms with Gasteiger partial charge in [-0.3, -0.25) is 4.90 Å². The van der Waals surface area contributed by atoms with Gasteiger partial charge < -0.3 is 19.8 Å². The van der Waals surface area contributed by atoms with E-state index in [0.29, 0.717) is 23.2 Å². The number of fused-ring (bicyclic) bond motifs is 1. The molecule has 0 unspecified atom stereocenters. The Hall–Kier alpha value is -2.65. The first kappa shape index (κ1) is 16.8. The minimum absolute atomic E-state index is 0.321. The molecule has 1 fully saturated rings. The van der Waals surface area contributed by atoms with Crippen LogP contribution >= 0.6 is 0 Å². The largest absolute Gasteiger partial charge is 0.461 e. The molecule has 1 aliphatic rings. The van der Waals surface area contributed by atoms with Crippen molar-refractivity contribution in [2.45, 2.75) is 6.92 Å². The van der Waals surface area contributed by atoms with Gasteiger partial charge in [-0.05, 0) is 19.1 Å². The molecule has 138 valence electrons. The van der Waals surface area contributed by atoms with Crippen molar-refractivity contribution >= 4 is 17.4 Å². The molecule has 0 atom stereocenters. The number of nitrogens with zero attached hydrogens (tertiary/aromatic N) is 6. The Morgan fingerprint density at radius 2 is 2.08 bits per heavy atom. The maximum absolute atomic E-state index is 6.10. The number of anilines is 2. The highest BCUT2D eigenvalue weighted by Crippen LogP contribution is 2.21. The van der Waals surface area contributed by atoms with Gasteiger partial charge in [0.25, 0.3) is 0 Å². The number of furan rings is 1. The monoisotopic (exact) mass is 357 g/mol. The molecular weight excluding hydrogens is 334 g/mol. The summed E-state index contributed by atoms with van der Waals surface area (Å²) in [4.78, 5) is 13.7. The molecule has 0 aliphatic carbocycles. The summed E-state index contributed by atoms with van der Waals surface area (Å²) in [5.74, 6) is 2.26. The summed E-state index contributed by atoms with van der Waals surface area (Å²) >= 11 is 0. The van der Waals surface area contributed by atoms with Gasteiger partial charge in [0.2, 0.25) is 11.8 Å². The van der Waals surface area contributed by atoms with Crippen LogP contribution < -0.4 is 10.6 Å². The Morgan fingerprint density at radius 3 is 2.81 bits per heavy atom. The van der Waals surface area contributed by atoms with Gasteiger partial charge in [0.15, 0.2) is 11.4 Å². The quantitative estimate of drug-likeness (QED) is 0.656. The number of ether oxygens (including phenoxy) is 1. The lowest BCUT2D eigenvalue weighted by Crippen LogP contribution is -2.47. The van der Waals surface area contributed by atoms with Crippen molar-refractivity contribution in [3.8, 4) is 11.6 Å². The zero-order valence-electron chi connectivity index (χ0n) is 14.8. The van der Waals surface area contributed by atoms with E-state index in [1.165, 1.54) is 0 Å². The number of hydrogen-bond acceptors (Lipinski definition) is 8. The molecule has 4 heterocycles. The third kappa shape index (κ3) is 3.35.